The first-order valence-electron chi connectivity index (χ1n) is 8.76. The molecule has 1 saturated heterocycles. The van der Waals surface area contributed by atoms with Gasteiger partial charge >= 0.3 is 6.18 Å². The zero-order valence-electron chi connectivity index (χ0n) is 15.3. The monoisotopic (exact) mass is 448 g/mol. The van der Waals surface area contributed by atoms with Crippen molar-refractivity contribution < 1.29 is 36.5 Å². The molecule has 2 aromatic rings. The Balaban J connectivity index is 1.61. The van der Waals surface area contributed by atoms with Crippen LogP contribution < -0.4 is 10.0 Å². The summed E-state index contributed by atoms with van der Waals surface area (Å²) >= 11 is 0. The van der Waals surface area contributed by atoms with Gasteiger partial charge in [0.25, 0.3) is 0 Å². The molecule has 3 rings (SSSR count). The SMILES string of the molecule is O=S(=O)(NC[C@H]1OCC(Nc2cncc(C(F)(F)F)n2)[C@@H](O)[C@H]1O)c1ccccc1. The summed E-state index contributed by atoms with van der Waals surface area (Å²) in [5, 5.41) is 23.1. The van der Waals surface area contributed by atoms with Crippen molar-refractivity contribution in [1.29, 1.82) is 0 Å². The van der Waals surface area contributed by atoms with E-state index in [1.807, 2.05) is 0 Å². The Morgan fingerprint density at radius 2 is 1.83 bits per heavy atom. The number of aliphatic hydroxyl groups excluding tert-OH is 2. The van der Waals surface area contributed by atoms with Gasteiger partial charge in [0.2, 0.25) is 10.0 Å². The minimum atomic E-state index is -4.69. The number of benzene rings is 1. The summed E-state index contributed by atoms with van der Waals surface area (Å²) in [6.45, 7) is -0.528. The first-order valence-corrected chi connectivity index (χ1v) is 10.2. The summed E-state index contributed by atoms with van der Waals surface area (Å²) in [4.78, 5) is 6.86. The van der Waals surface area contributed by atoms with Gasteiger partial charge in [0.15, 0.2) is 5.69 Å². The molecule has 13 heteroatoms. The van der Waals surface area contributed by atoms with Crippen LogP contribution in [-0.2, 0) is 20.9 Å². The van der Waals surface area contributed by atoms with Crippen molar-refractivity contribution in [2.75, 3.05) is 18.5 Å². The third kappa shape index (κ3) is 5.23. The number of halogens is 3. The van der Waals surface area contributed by atoms with Crippen LogP contribution in [0.4, 0.5) is 19.0 Å². The molecule has 1 aliphatic heterocycles. The number of aliphatic hydroxyl groups is 2. The molecule has 1 unspecified atom stereocenters. The van der Waals surface area contributed by atoms with Crippen molar-refractivity contribution in [2.24, 2.45) is 0 Å². The first kappa shape index (κ1) is 22.4. The number of rotatable bonds is 6. The van der Waals surface area contributed by atoms with Crippen LogP contribution >= 0.6 is 0 Å². The van der Waals surface area contributed by atoms with Crippen LogP contribution in [0.1, 0.15) is 5.69 Å². The van der Waals surface area contributed by atoms with E-state index in [9.17, 15) is 31.8 Å². The molecular weight excluding hydrogens is 429 g/mol. The number of nitrogens with one attached hydrogen (secondary N) is 2. The highest BCUT2D eigenvalue weighted by atomic mass is 32.2. The van der Waals surface area contributed by atoms with Crippen molar-refractivity contribution in [1.82, 2.24) is 14.7 Å². The molecule has 0 aliphatic carbocycles. The van der Waals surface area contributed by atoms with Crippen molar-refractivity contribution in [2.45, 2.75) is 35.4 Å². The first-order chi connectivity index (χ1) is 14.1. The van der Waals surface area contributed by atoms with Gasteiger partial charge in [-0.15, -0.1) is 0 Å². The second kappa shape index (κ2) is 8.81. The second-order valence-corrected chi connectivity index (χ2v) is 8.32. The van der Waals surface area contributed by atoms with Gasteiger partial charge < -0.3 is 20.3 Å². The van der Waals surface area contributed by atoms with E-state index in [1.54, 1.807) is 18.2 Å². The number of ether oxygens (including phenoxy) is 1. The standard InChI is InChI=1S/C17H19F3N4O5S/c18-17(19,20)13-7-21-8-14(24-13)23-11-9-29-12(16(26)15(11)25)6-22-30(27,28)10-4-2-1-3-5-10/h1-5,7-8,11-12,15-16,22,25-26H,6,9H2,(H,23,24)/t11?,12-,15-,16+/m1/s1. The maximum Gasteiger partial charge on any atom is 0.434 e. The summed E-state index contributed by atoms with van der Waals surface area (Å²) in [5.74, 6) is -0.257. The second-order valence-electron chi connectivity index (χ2n) is 6.56. The molecule has 0 bridgehead atoms. The number of anilines is 1. The largest absolute Gasteiger partial charge is 0.434 e. The Labute approximate surface area is 170 Å². The van der Waals surface area contributed by atoms with Crippen LogP contribution in [0.2, 0.25) is 0 Å². The molecule has 4 atom stereocenters. The topological polar surface area (TPSA) is 134 Å². The fourth-order valence-electron chi connectivity index (χ4n) is 2.83. The zero-order chi connectivity index (χ0) is 21.9. The Hall–Kier alpha value is -2.32. The fraction of sp³-hybridized carbons (Fsp3) is 0.412. The lowest BCUT2D eigenvalue weighted by Gasteiger charge is -2.38. The Morgan fingerprint density at radius 3 is 2.50 bits per heavy atom. The van der Waals surface area contributed by atoms with E-state index < -0.39 is 46.2 Å². The highest BCUT2D eigenvalue weighted by molar-refractivity contribution is 7.89. The molecular formula is C17H19F3N4O5S. The molecule has 1 fully saturated rings. The molecule has 1 aliphatic rings. The highest BCUT2D eigenvalue weighted by Gasteiger charge is 2.39. The smallest absolute Gasteiger partial charge is 0.388 e. The van der Waals surface area contributed by atoms with E-state index in [0.717, 1.165) is 6.20 Å². The van der Waals surface area contributed by atoms with Crippen LogP contribution in [0, 0.1) is 0 Å². The molecule has 0 radical (unpaired) electrons. The molecule has 4 N–H and O–H groups in total. The number of nitrogens with zero attached hydrogens (tertiary/aromatic N) is 2. The van der Waals surface area contributed by atoms with Crippen molar-refractivity contribution in [3.63, 3.8) is 0 Å². The zero-order valence-corrected chi connectivity index (χ0v) is 16.1. The van der Waals surface area contributed by atoms with Gasteiger partial charge in [0, 0.05) is 6.54 Å². The van der Waals surface area contributed by atoms with E-state index in [4.69, 9.17) is 4.74 Å². The van der Waals surface area contributed by atoms with Gasteiger partial charge in [-0.05, 0) is 12.1 Å². The molecule has 0 saturated carbocycles. The summed E-state index contributed by atoms with van der Waals surface area (Å²) in [6, 6.07) is 6.57. The lowest BCUT2D eigenvalue weighted by Crippen LogP contribution is -2.58. The molecule has 9 nitrogen and oxygen atoms in total. The minimum Gasteiger partial charge on any atom is -0.388 e. The molecule has 1 aromatic heterocycles. The van der Waals surface area contributed by atoms with Crippen molar-refractivity contribution >= 4 is 15.8 Å². The number of sulfonamides is 1. The van der Waals surface area contributed by atoms with Gasteiger partial charge in [-0.2, -0.15) is 13.2 Å². The minimum absolute atomic E-state index is 0.0264. The predicted octanol–water partition coefficient (Wildman–Crippen LogP) is 0.375. The fourth-order valence-corrected chi connectivity index (χ4v) is 3.89. The Bertz CT molecular complexity index is 961. The summed E-state index contributed by atoms with van der Waals surface area (Å²) in [7, 11) is -3.84. The molecule has 2 heterocycles. The summed E-state index contributed by atoms with van der Waals surface area (Å²) in [5.41, 5.74) is -1.22. The van der Waals surface area contributed by atoms with E-state index in [2.05, 4.69) is 20.0 Å². The van der Waals surface area contributed by atoms with Crippen LogP contribution in [0.5, 0.6) is 0 Å². The molecule has 1 aromatic carbocycles. The molecule has 164 valence electrons. The van der Waals surface area contributed by atoms with Crippen LogP contribution in [-0.4, -0.2) is 66.1 Å². The van der Waals surface area contributed by atoms with Crippen LogP contribution in [0.3, 0.4) is 0 Å². The normalized spacial score (nSPS) is 25.1. The average molecular weight is 448 g/mol. The van der Waals surface area contributed by atoms with Gasteiger partial charge in [-0.1, -0.05) is 18.2 Å². The average Bonchev–Trinajstić information content (AvgIpc) is 2.71. The lowest BCUT2D eigenvalue weighted by molar-refractivity contribution is -0.141. The summed E-state index contributed by atoms with van der Waals surface area (Å²) in [6.07, 6.45) is -7.12. The highest BCUT2D eigenvalue weighted by Crippen LogP contribution is 2.28. The third-order valence-corrected chi connectivity index (χ3v) is 5.86. The third-order valence-electron chi connectivity index (χ3n) is 4.42. The van der Waals surface area contributed by atoms with E-state index in [0.29, 0.717) is 6.20 Å². The Kier molecular flexibility index (Phi) is 6.57. The maximum atomic E-state index is 12.7. The Morgan fingerprint density at radius 1 is 1.13 bits per heavy atom. The maximum absolute atomic E-state index is 12.7. The van der Waals surface area contributed by atoms with E-state index in [-0.39, 0.29) is 23.9 Å². The van der Waals surface area contributed by atoms with Gasteiger partial charge in [0.05, 0.1) is 36.0 Å². The number of aromatic nitrogens is 2. The number of alkyl halides is 3. The van der Waals surface area contributed by atoms with Crippen molar-refractivity contribution in [3.05, 3.63) is 48.4 Å². The molecule has 0 amide bonds. The van der Waals surface area contributed by atoms with E-state index in [1.165, 1.54) is 12.1 Å². The summed E-state index contributed by atoms with van der Waals surface area (Å²) < 4.78 is 70.4. The molecule has 30 heavy (non-hydrogen) atoms. The van der Waals surface area contributed by atoms with Gasteiger partial charge in [0.1, 0.15) is 18.0 Å². The predicted molar refractivity (Wildman–Crippen MR) is 97.8 cm³/mol. The number of hydrogen-bond acceptors (Lipinski definition) is 8. The lowest BCUT2D eigenvalue weighted by atomic mass is 9.98. The van der Waals surface area contributed by atoms with Crippen LogP contribution in [0.15, 0.2) is 47.6 Å². The van der Waals surface area contributed by atoms with Gasteiger partial charge in [-0.25, -0.2) is 18.1 Å². The van der Waals surface area contributed by atoms with Crippen molar-refractivity contribution in [3.8, 4) is 0 Å². The van der Waals surface area contributed by atoms with Gasteiger partial charge in [-0.3, -0.25) is 4.98 Å². The number of hydrogen-bond donors (Lipinski definition) is 4. The van der Waals surface area contributed by atoms with Crippen LogP contribution in [0.25, 0.3) is 0 Å². The van der Waals surface area contributed by atoms with E-state index >= 15 is 0 Å². The molecule has 0 spiro atoms. The quantitative estimate of drug-likeness (QED) is 0.498.